The van der Waals surface area contributed by atoms with Crippen molar-refractivity contribution in [3.05, 3.63) is 52.4 Å². The second-order valence-corrected chi connectivity index (χ2v) is 6.66. The van der Waals surface area contributed by atoms with Crippen LogP contribution in [0, 0.1) is 0 Å². The SMILES string of the molecule is CCCCCC(=C/c1ccccc1)/C=C1\SC(=S)NC1=O. The van der Waals surface area contributed by atoms with Gasteiger partial charge >= 0.3 is 0 Å². The molecule has 0 aromatic heterocycles. The molecule has 1 heterocycles. The second kappa shape index (κ2) is 8.15. The summed E-state index contributed by atoms with van der Waals surface area (Å²) in [5, 5.41) is 2.66. The van der Waals surface area contributed by atoms with Crippen LogP contribution >= 0.6 is 24.0 Å². The van der Waals surface area contributed by atoms with Gasteiger partial charge in [0, 0.05) is 0 Å². The van der Waals surface area contributed by atoms with E-state index in [0.717, 1.165) is 18.4 Å². The van der Waals surface area contributed by atoms with Crippen LogP contribution in [0.3, 0.4) is 0 Å². The Hall–Kier alpha value is -1.39. The molecule has 0 unspecified atom stereocenters. The molecule has 1 fully saturated rings. The van der Waals surface area contributed by atoms with Crippen LogP contribution in [0.1, 0.15) is 38.2 Å². The molecule has 1 aromatic rings. The summed E-state index contributed by atoms with van der Waals surface area (Å²) in [4.78, 5) is 12.5. The Morgan fingerprint density at radius 2 is 2.05 bits per heavy atom. The number of unbranched alkanes of at least 4 members (excludes halogenated alkanes) is 2. The third-order valence-corrected chi connectivity index (χ3v) is 4.34. The van der Waals surface area contributed by atoms with E-state index >= 15 is 0 Å². The summed E-state index contributed by atoms with van der Waals surface area (Å²) in [7, 11) is 0. The van der Waals surface area contributed by atoms with Gasteiger partial charge in [-0.15, -0.1) is 0 Å². The third-order valence-electron chi connectivity index (χ3n) is 3.18. The summed E-state index contributed by atoms with van der Waals surface area (Å²) >= 11 is 6.38. The lowest BCUT2D eigenvalue weighted by Gasteiger charge is -2.04. The lowest BCUT2D eigenvalue weighted by molar-refractivity contribution is -0.115. The van der Waals surface area contributed by atoms with Crippen molar-refractivity contribution < 1.29 is 4.79 Å². The highest BCUT2D eigenvalue weighted by Crippen LogP contribution is 2.27. The van der Waals surface area contributed by atoms with Gasteiger partial charge in [0.25, 0.3) is 5.91 Å². The summed E-state index contributed by atoms with van der Waals surface area (Å²) in [5.74, 6) is -0.0838. The maximum absolute atomic E-state index is 11.8. The molecule has 0 atom stereocenters. The monoisotopic (exact) mass is 317 g/mol. The first-order valence-corrected chi connectivity index (χ1v) is 8.42. The van der Waals surface area contributed by atoms with Gasteiger partial charge in [0.15, 0.2) is 0 Å². The molecule has 0 saturated carbocycles. The fourth-order valence-corrected chi connectivity index (χ4v) is 3.18. The average molecular weight is 317 g/mol. The van der Waals surface area contributed by atoms with E-state index in [9.17, 15) is 4.79 Å². The quantitative estimate of drug-likeness (QED) is 0.469. The standard InChI is InChI=1S/C17H19NOS2/c1-2-3-5-10-14(11-13-8-6-4-7-9-13)12-15-16(19)18-17(20)21-15/h4,6-9,11-12H,2-3,5,10H2,1H3,(H,18,19,20)/b14-11-,15-12-. The Kier molecular flexibility index (Phi) is 6.21. The fraction of sp³-hybridized carbons (Fsp3) is 0.294. The Bertz CT molecular complexity index is 576. The highest BCUT2D eigenvalue weighted by atomic mass is 32.2. The van der Waals surface area contributed by atoms with Crippen LogP contribution in [0.4, 0.5) is 0 Å². The number of nitrogens with one attached hydrogen (secondary N) is 1. The second-order valence-electron chi connectivity index (χ2n) is 4.94. The largest absolute Gasteiger partial charge is 0.307 e. The molecule has 2 rings (SSSR count). The summed E-state index contributed by atoms with van der Waals surface area (Å²) in [6.45, 7) is 2.19. The summed E-state index contributed by atoms with van der Waals surface area (Å²) in [6, 6.07) is 10.2. The maximum Gasteiger partial charge on any atom is 0.263 e. The molecule has 4 heteroatoms. The van der Waals surface area contributed by atoms with E-state index in [4.69, 9.17) is 12.2 Å². The first-order valence-electron chi connectivity index (χ1n) is 7.19. The van der Waals surface area contributed by atoms with E-state index in [-0.39, 0.29) is 5.91 Å². The number of allylic oxidation sites excluding steroid dienone is 2. The Balaban J connectivity index is 2.20. The van der Waals surface area contributed by atoms with Crippen molar-refractivity contribution in [3.8, 4) is 0 Å². The molecule has 1 N–H and O–H groups in total. The van der Waals surface area contributed by atoms with E-state index in [1.54, 1.807) is 0 Å². The number of thioether (sulfide) groups is 1. The number of benzene rings is 1. The van der Waals surface area contributed by atoms with Gasteiger partial charge in [0.1, 0.15) is 4.32 Å². The summed E-state index contributed by atoms with van der Waals surface area (Å²) in [5.41, 5.74) is 2.34. The van der Waals surface area contributed by atoms with Crippen molar-refractivity contribution in [2.75, 3.05) is 0 Å². The lowest BCUT2D eigenvalue weighted by atomic mass is 10.0. The normalized spacial score (nSPS) is 17.4. The van der Waals surface area contributed by atoms with Gasteiger partial charge in [-0.3, -0.25) is 4.79 Å². The Morgan fingerprint density at radius 3 is 2.67 bits per heavy atom. The number of amides is 1. The van der Waals surface area contributed by atoms with Crippen LogP contribution in [0.25, 0.3) is 6.08 Å². The third kappa shape index (κ3) is 5.14. The predicted molar refractivity (Wildman–Crippen MR) is 95.0 cm³/mol. The molecule has 21 heavy (non-hydrogen) atoms. The Morgan fingerprint density at radius 1 is 1.29 bits per heavy atom. The average Bonchev–Trinajstić information content (AvgIpc) is 2.78. The zero-order chi connectivity index (χ0) is 15.1. The molecule has 110 valence electrons. The van der Waals surface area contributed by atoms with Crippen LogP contribution in [0.5, 0.6) is 0 Å². The molecule has 0 aliphatic carbocycles. The zero-order valence-electron chi connectivity index (χ0n) is 12.1. The van der Waals surface area contributed by atoms with Gasteiger partial charge in [-0.1, -0.05) is 80.2 Å². The minimum Gasteiger partial charge on any atom is -0.307 e. The van der Waals surface area contributed by atoms with Gasteiger partial charge in [-0.25, -0.2) is 0 Å². The molecule has 1 aliphatic heterocycles. The van der Waals surface area contributed by atoms with Gasteiger partial charge in [0.2, 0.25) is 0 Å². The van der Waals surface area contributed by atoms with Crippen molar-refractivity contribution in [3.63, 3.8) is 0 Å². The fourth-order valence-electron chi connectivity index (χ4n) is 2.12. The van der Waals surface area contributed by atoms with Crippen molar-refractivity contribution in [1.29, 1.82) is 0 Å². The van der Waals surface area contributed by atoms with Crippen LogP contribution in [0.2, 0.25) is 0 Å². The first kappa shape index (κ1) is 16.0. The number of hydrogen-bond donors (Lipinski definition) is 1. The molecule has 1 amide bonds. The van der Waals surface area contributed by atoms with E-state index in [1.807, 2.05) is 24.3 Å². The van der Waals surface area contributed by atoms with Crippen LogP contribution < -0.4 is 5.32 Å². The van der Waals surface area contributed by atoms with E-state index in [0.29, 0.717) is 9.23 Å². The maximum atomic E-state index is 11.8. The lowest BCUT2D eigenvalue weighted by Crippen LogP contribution is -2.17. The van der Waals surface area contributed by atoms with Gasteiger partial charge < -0.3 is 5.32 Å². The molecular formula is C17H19NOS2. The molecule has 0 spiro atoms. The van der Waals surface area contributed by atoms with Crippen molar-refractivity contribution in [2.24, 2.45) is 0 Å². The van der Waals surface area contributed by atoms with Gasteiger partial charge in [-0.2, -0.15) is 0 Å². The highest BCUT2D eigenvalue weighted by molar-refractivity contribution is 8.26. The van der Waals surface area contributed by atoms with Gasteiger partial charge in [0.05, 0.1) is 4.91 Å². The van der Waals surface area contributed by atoms with E-state index in [1.165, 1.54) is 30.2 Å². The minimum absolute atomic E-state index is 0.0838. The molecule has 0 radical (unpaired) electrons. The predicted octanol–water partition coefficient (Wildman–Crippen LogP) is 4.68. The van der Waals surface area contributed by atoms with Crippen molar-refractivity contribution in [2.45, 2.75) is 32.6 Å². The minimum atomic E-state index is -0.0838. The molecule has 1 aromatic carbocycles. The molecule has 2 nitrogen and oxygen atoms in total. The smallest absolute Gasteiger partial charge is 0.263 e. The molecule has 0 bridgehead atoms. The van der Waals surface area contributed by atoms with E-state index in [2.05, 4.69) is 30.4 Å². The van der Waals surface area contributed by atoms with E-state index < -0.39 is 0 Å². The number of carbonyl (C=O) groups excluding carboxylic acids is 1. The van der Waals surface area contributed by atoms with Crippen LogP contribution in [-0.4, -0.2) is 10.2 Å². The summed E-state index contributed by atoms with van der Waals surface area (Å²) < 4.78 is 0.541. The highest BCUT2D eigenvalue weighted by Gasteiger charge is 2.22. The molecular weight excluding hydrogens is 298 g/mol. The summed E-state index contributed by atoms with van der Waals surface area (Å²) in [6.07, 6.45) is 8.63. The molecule has 1 aliphatic rings. The number of thiocarbonyl (C=S) groups is 1. The number of carbonyl (C=O) groups is 1. The van der Waals surface area contributed by atoms with Gasteiger partial charge in [-0.05, 0) is 30.1 Å². The van der Waals surface area contributed by atoms with Crippen molar-refractivity contribution in [1.82, 2.24) is 5.32 Å². The number of hydrogen-bond acceptors (Lipinski definition) is 3. The number of rotatable bonds is 6. The van der Waals surface area contributed by atoms with Crippen LogP contribution in [-0.2, 0) is 4.79 Å². The van der Waals surface area contributed by atoms with Crippen molar-refractivity contribution >= 4 is 40.3 Å². The van der Waals surface area contributed by atoms with Crippen LogP contribution in [0.15, 0.2) is 46.9 Å². The topological polar surface area (TPSA) is 29.1 Å². The first-order chi connectivity index (χ1) is 10.2. The zero-order valence-corrected chi connectivity index (χ0v) is 13.7. The molecule has 1 saturated heterocycles. The Labute approximate surface area is 135 Å².